The fourth-order valence-corrected chi connectivity index (χ4v) is 1.69. The van der Waals surface area contributed by atoms with E-state index in [1.54, 1.807) is 0 Å². The van der Waals surface area contributed by atoms with Crippen LogP contribution in [0.15, 0.2) is 42.0 Å². The van der Waals surface area contributed by atoms with Crippen molar-refractivity contribution in [2.75, 3.05) is 0 Å². The van der Waals surface area contributed by atoms with E-state index in [1.165, 1.54) is 30.3 Å². The topological polar surface area (TPSA) is 98.0 Å². The van der Waals surface area contributed by atoms with Gasteiger partial charge in [0.05, 0.1) is 12.0 Å². The molecule has 0 spiro atoms. The number of allylic oxidation sites excluding steroid dienone is 2. The number of Topliss-reactive ketones (excluding diaryl/α,β-unsaturated/α-hetero) is 1. The fourth-order valence-electron chi connectivity index (χ4n) is 1.69. The Morgan fingerprint density at radius 3 is 2.33 bits per heavy atom. The molecule has 1 aromatic rings. The van der Waals surface area contributed by atoms with Gasteiger partial charge in [-0.2, -0.15) is 0 Å². The number of hydrogen-bond acceptors (Lipinski definition) is 5. The molecular weight excluding hydrogens is 236 g/mol. The lowest BCUT2D eigenvalue weighted by Gasteiger charge is -2.21. The molecule has 2 rings (SSSR count). The molecule has 1 aliphatic carbocycles. The van der Waals surface area contributed by atoms with Crippen molar-refractivity contribution < 1.29 is 25.2 Å². The largest absolute Gasteiger partial charge is 0.508 e. The molecule has 1 aromatic carbocycles. The first-order valence-electron chi connectivity index (χ1n) is 5.29. The van der Waals surface area contributed by atoms with Crippen LogP contribution in [0.1, 0.15) is 12.0 Å². The Balaban J connectivity index is 2.42. The summed E-state index contributed by atoms with van der Waals surface area (Å²) in [7, 11) is 0. The van der Waals surface area contributed by atoms with Gasteiger partial charge in [0, 0.05) is 5.56 Å². The van der Waals surface area contributed by atoms with Crippen LogP contribution >= 0.6 is 0 Å². The van der Waals surface area contributed by atoms with Gasteiger partial charge in [0.15, 0.2) is 11.6 Å². The number of phenols is 1. The van der Waals surface area contributed by atoms with Crippen LogP contribution in [-0.2, 0) is 4.79 Å². The van der Waals surface area contributed by atoms with Gasteiger partial charge in [0.25, 0.3) is 0 Å². The van der Waals surface area contributed by atoms with Crippen LogP contribution in [0.5, 0.6) is 5.75 Å². The third kappa shape index (κ3) is 2.42. The molecular formula is C13H12O5. The Kier molecular flexibility index (Phi) is 2.94. The first kappa shape index (κ1) is 12.3. The molecule has 4 N–H and O–H groups in total. The average Bonchev–Trinajstić information content (AvgIpc) is 2.28. The first-order valence-corrected chi connectivity index (χ1v) is 5.29. The molecule has 0 aromatic heterocycles. The number of aromatic hydroxyl groups is 1. The molecule has 5 nitrogen and oxygen atoms in total. The van der Waals surface area contributed by atoms with E-state index in [0.717, 1.165) is 6.08 Å². The smallest absolute Gasteiger partial charge is 0.190 e. The van der Waals surface area contributed by atoms with E-state index < -0.39 is 18.0 Å². The maximum atomic E-state index is 11.7. The number of phenolic OH excluding ortho intramolecular Hbond substituents is 1. The van der Waals surface area contributed by atoms with Crippen molar-refractivity contribution in [3.63, 3.8) is 0 Å². The van der Waals surface area contributed by atoms with Crippen LogP contribution in [0.4, 0.5) is 0 Å². The number of aliphatic hydroxyl groups is 3. The van der Waals surface area contributed by atoms with Crippen molar-refractivity contribution in [1.29, 1.82) is 0 Å². The molecule has 0 radical (unpaired) electrons. The third-order valence-electron chi connectivity index (χ3n) is 2.63. The first-order chi connectivity index (χ1) is 8.39. The lowest BCUT2D eigenvalue weighted by atomic mass is 9.93. The monoisotopic (exact) mass is 248 g/mol. The predicted octanol–water partition coefficient (Wildman–Crippen LogP) is 0.871. The number of rotatable bonds is 1. The van der Waals surface area contributed by atoms with Crippen molar-refractivity contribution in [2.24, 2.45) is 0 Å². The molecule has 0 bridgehead atoms. The van der Waals surface area contributed by atoms with E-state index in [1.807, 2.05) is 0 Å². The highest BCUT2D eigenvalue weighted by molar-refractivity contribution is 6.05. The van der Waals surface area contributed by atoms with Gasteiger partial charge in [0.1, 0.15) is 11.5 Å². The maximum Gasteiger partial charge on any atom is 0.190 e. The van der Waals surface area contributed by atoms with Crippen LogP contribution in [0, 0.1) is 0 Å². The summed E-state index contributed by atoms with van der Waals surface area (Å²) in [5, 5.41) is 37.6. The maximum absolute atomic E-state index is 11.7. The molecule has 5 heteroatoms. The summed E-state index contributed by atoms with van der Waals surface area (Å²) in [5.41, 5.74) is 0.378. The number of carbonyl (C=O) groups excluding carboxylic acids is 1. The van der Waals surface area contributed by atoms with Gasteiger partial charge >= 0.3 is 0 Å². The highest BCUT2D eigenvalue weighted by Crippen LogP contribution is 2.26. The van der Waals surface area contributed by atoms with Crippen molar-refractivity contribution in [3.05, 3.63) is 47.6 Å². The Bertz CT molecular complexity index is 537. The van der Waals surface area contributed by atoms with Crippen LogP contribution in [0.2, 0.25) is 0 Å². The van der Waals surface area contributed by atoms with Crippen LogP contribution in [0.25, 0.3) is 5.76 Å². The molecule has 0 heterocycles. The number of carbonyl (C=O) groups is 1. The Hall–Kier alpha value is -2.11. The second-order valence-corrected chi connectivity index (χ2v) is 4.12. The van der Waals surface area contributed by atoms with Crippen LogP contribution in [-0.4, -0.2) is 32.0 Å². The van der Waals surface area contributed by atoms with Crippen LogP contribution in [0.3, 0.4) is 0 Å². The summed E-state index contributed by atoms with van der Waals surface area (Å²) in [6.45, 7) is 0. The fraction of sp³-hybridized carbons (Fsp3) is 0.154. The van der Waals surface area contributed by atoms with E-state index in [2.05, 4.69) is 0 Å². The van der Waals surface area contributed by atoms with Gasteiger partial charge in [-0.25, -0.2) is 0 Å². The van der Waals surface area contributed by atoms with E-state index in [4.69, 9.17) is 5.11 Å². The zero-order valence-corrected chi connectivity index (χ0v) is 9.37. The molecule has 94 valence electrons. The standard InChI is InChI=1S/C13H12O5/c14-9-3-1-8(2-4-9)12(16)10-5-6-13(17,18)7-11(10)15/h1-6,14,16-18H,7H2. The Morgan fingerprint density at radius 2 is 1.78 bits per heavy atom. The van der Waals surface area contributed by atoms with Gasteiger partial charge in [-0.05, 0) is 36.4 Å². The number of hydrogen-bond donors (Lipinski definition) is 4. The molecule has 1 aliphatic rings. The normalized spacial score (nSPS) is 20.9. The molecule has 0 unspecified atom stereocenters. The number of aliphatic hydroxyl groups excluding tert-OH is 1. The van der Waals surface area contributed by atoms with E-state index in [0.29, 0.717) is 5.56 Å². The zero-order valence-electron chi connectivity index (χ0n) is 9.37. The van der Waals surface area contributed by atoms with Gasteiger partial charge in [0.2, 0.25) is 0 Å². The summed E-state index contributed by atoms with van der Waals surface area (Å²) in [6.07, 6.45) is 1.72. The lowest BCUT2D eigenvalue weighted by Crippen LogP contribution is -2.32. The minimum Gasteiger partial charge on any atom is -0.508 e. The number of benzene rings is 1. The predicted molar refractivity (Wildman–Crippen MR) is 63.6 cm³/mol. The second-order valence-electron chi connectivity index (χ2n) is 4.12. The van der Waals surface area contributed by atoms with Crippen molar-refractivity contribution in [1.82, 2.24) is 0 Å². The van der Waals surface area contributed by atoms with Crippen molar-refractivity contribution in [2.45, 2.75) is 12.2 Å². The van der Waals surface area contributed by atoms with Gasteiger partial charge < -0.3 is 20.4 Å². The van der Waals surface area contributed by atoms with Crippen molar-refractivity contribution in [3.8, 4) is 5.75 Å². The summed E-state index contributed by atoms with van der Waals surface area (Å²) in [5.74, 6) is -2.93. The zero-order chi connectivity index (χ0) is 13.3. The molecule has 0 saturated heterocycles. The average molecular weight is 248 g/mol. The molecule has 0 fully saturated rings. The van der Waals surface area contributed by atoms with E-state index in [-0.39, 0.29) is 17.1 Å². The van der Waals surface area contributed by atoms with E-state index in [9.17, 15) is 20.1 Å². The highest BCUT2D eigenvalue weighted by atomic mass is 16.5. The number of ketones is 1. The van der Waals surface area contributed by atoms with Gasteiger partial charge in [-0.1, -0.05) is 0 Å². The van der Waals surface area contributed by atoms with Crippen LogP contribution < -0.4 is 0 Å². The summed E-state index contributed by atoms with van der Waals surface area (Å²) in [4.78, 5) is 11.7. The molecule has 0 amide bonds. The quantitative estimate of drug-likeness (QED) is 0.336. The molecule has 0 atom stereocenters. The Morgan fingerprint density at radius 1 is 1.17 bits per heavy atom. The SMILES string of the molecule is O=C1CC(O)(O)C=CC1=C(O)c1ccc(O)cc1. The molecule has 0 aliphatic heterocycles. The van der Waals surface area contributed by atoms with Gasteiger partial charge in [-0.15, -0.1) is 0 Å². The molecule has 0 saturated carbocycles. The minimum absolute atomic E-state index is 0.0133. The van der Waals surface area contributed by atoms with E-state index >= 15 is 0 Å². The summed E-state index contributed by atoms with van der Waals surface area (Å²) >= 11 is 0. The third-order valence-corrected chi connectivity index (χ3v) is 2.63. The van der Waals surface area contributed by atoms with Crippen molar-refractivity contribution >= 4 is 11.5 Å². The molecule has 18 heavy (non-hydrogen) atoms. The summed E-state index contributed by atoms with van der Waals surface area (Å²) < 4.78 is 0. The van der Waals surface area contributed by atoms with Gasteiger partial charge in [-0.3, -0.25) is 4.79 Å². The summed E-state index contributed by atoms with van der Waals surface area (Å²) in [6, 6.07) is 5.67. The minimum atomic E-state index is -2.16. The Labute approximate surface area is 103 Å². The highest BCUT2D eigenvalue weighted by Gasteiger charge is 2.30. The second kappa shape index (κ2) is 4.29. The lowest BCUT2D eigenvalue weighted by molar-refractivity contribution is -0.144.